The SMILES string of the molecule is Cc1cc(OS(=O)(=O)C(F)(F)F)cc(-c2ccccc2-c2cnc(-c3ccccc3)cc2-c2ccc(-c3ccc(-c4ccccc4)cc3)cc2)c1. The molecule has 0 saturated heterocycles. The van der Waals surface area contributed by atoms with Gasteiger partial charge in [0, 0.05) is 17.3 Å². The van der Waals surface area contributed by atoms with E-state index in [9.17, 15) is 21.6 Å². The zero-order valence-electron chi connectivity index (χ0n) is 27.3. The summed E-state index contributed by atoms with van der Waals surface area (Å²) in [5, 5.41) is 0. The average Bonchev–Trinajstić information content (AvgIpc) is 3.14. The maximum absolute atomic E-state index is 13.2. The number of alkyl halides is 3. The van der Waals surface area contributed by atoms with Gasteiger partial charge < -0.3 is 4.18 Å². The number of hydrogen-bond donors (Lipinski definition) is 0. The van der Waals surface area contributed by atoms with Crippen molar-refractivity contribution in [2.45, 2.75) is 12.4 Å². The zero-order valence-corrected chi connectivity index (χ0v) is 28.1. The fourth-order valence-electron chi connectivity index (χ4n) is 6.10. The lowest BCUT2D eigenvalue weighted by molar-refractivity contribution is -0.0500. The molecule has 252 valence electrons. The van der Waals surface area contributed by atoms with Gasteiger partial charge in [-0.3, -0.25) is 4.98 Å². The molecule has 0 unspecified atom stereocenters. The van der Waals surface area contributed by atoms with Crippen molar-refractivity contribution >= 4 is 10.1 Å². The Hall–Kier alpha value is -5.99. The first-order valence-electron chi connectivity index (χ1n) is 16.1. The lowest BCUT2D eigenvalue weighted by Gasteiger charge is -2.17. The minimum absolute atomic E-state index is 0.428. The van der Waals surface area contributed by atoms with Crippen LogP contribution in [0.4, 0.5) is 13.2 Å². The first kappa shape index (κ1) is 33.5. The van der Waals surface area contributed by atoms with Crippen LogP contribution in [0.25, 0.3) is 66.9 Å². The molecule has 0 N–H and O–H groups in total. The highest BCUT2D eigenvalue weighted by atomic mass is 32.2. The van der Waals surface area contributed by atoms with Gasteiger partial charge in [-0.1, -0.05) is 140 Å². The molecule has 0 fully saturated rings. The van der Waals surface area contributed by atoms with Crippen LogP contribution in [-0.4, -0.2) is 18.9 Å². The molecule has 0 aliphatic rings. The second-order valence-electron chi connectivity index (χ2n) is 12.1. The van der Waals surface area contributed by atoms with E-state index in [2.05, 4.69) is 64.8 Å². The van der Waals surface area contributed by atoms with Crippen LogP contribution in [0.2, 0.25) is 0 Å². The van der Waals surface area contributed by atoms with Gasteiger partial charge in [0.15, 0.2) is 0 Å². The Morgan fingerprint density at radius 2 is 0.980 bits per heavy atom. The van der Waals surface area contributed by atoms with Crippen molar-refractivity contribution < 1.29 is 25.8 Å². The molecule has 0 aliphatic carbocycles. The number of hydrogen-bond acceptors (Lipinski definition) is 4. The predicted octanol–water partition coefficient (Wildman–Crippen LogP) is 11.6. The van der Waals surface area contributed by atoms with E-state index >= 15 is 0 Å². The maximum Gasteiger partial charge on any atom is 0.534 e. The van der Waals surface area contributed by atoms with Crippen LogP contribution in [0.3, 0.4) is 0 Å². The van der Waals surface area contributed by atoms with E-state index in [-0.39, 0.29) is 0 Å². The van der Waals surface area contributed by atoms with Crippen LogP contribution in [-0.2, 0) is 10.1 Å². The van der Waals surface area contributed by atoms with Crippen molar-refractivity contribution in [3.63, 3.8) is 0 Å². The van der Waals surface area contributed by atoms with Crippen LogP contribution >= 0.6 is 0 Å². The summed E-state index contributed by atoms with van der Waals surface area (Å²) in [6.07, 6.45) is 1.80. The topological polar surface area (TPSA) is 56.3 Å². The molecule has 4 nitrogen and oxygen atoms in total. The third-order valence-corrected chi connectivity index (χ3v) is 9.54. The number of aromatic nitrogens is 1. The number of aryl methyl sites for hydroxylation is 1. The first-order valence-corrected chi connectivity index (χ1v) is 17.5. The maximum atomic E-state index is 13.2. The van der Waals surface area contributed by atoms with Crippen LogP contribution in [0.15, 0.2) is 164 Å². The highest BCUT2D eigenvalue weighted by Crippen LogP contribution is 2.41. The highest BCUT2D eigenvalue weighted by molar-refractivity contribution is 7.88. The third kappa shape index (κ3) is 7.18. The molecular weight excluding hydrogens is 668 g/mol. The number of rotatable bonds is 8. The first-order chi connectivity index (χ1) is 24.6. The molecule has 0 amide bonds. The fraction of sp³-hybridized carbons (Fsp3) is 0.0465. The predicted molar refractivity (Wildman–Crippen MR) is 197 cm³/mol. The second-order valence-corrected chi connectivity index (χ2v) is 13.6. The van der Waals surface area contributed by atoms with E-state index in [0.717, 1.165) is 55.8 Å². The summed E-state index contributed by atoms with van der Waals surface area (Å²) in [5.41, 5.74) is 5.65. The van der Waals surface area contributed by atoms with Crippen LogP contribution < -0.4 is 4.18 Å². The summed E-state index contributed by atoms with van der Waals surface area (Å²) in [4.78, 5) is 4.83. The molecule has 6 aromatic carbocycles. The molecule has 8 heteroatoms. The summed E-state index contributed by atoms with van der Waals surface area (Å²) < 4.78 is 67.7. The lowest BCUT2D eigenvalue weighted by Crippen LogP contribution is -2.28. The number of pyridine rings is 1. The van der Waals surface area contributed by atoms with Crippen molar-refractivity contribution in [3.05, 3.63) is 169 Å². The third-order valence-electron chi connectivity index (χ3n) is 8.56. The molecule has 1 heterocycles. The van der Waals surface area contributed by atoms with E-state index in [0.29, 0.717) is 16.7 Å². The van der Waals surface area contributed by atoms with Crippen molar-refractivity contribution in [2.24, 2.45) is 0 Å². The summed E-state index contributed by atoms with van der Waals surface area (Å²) >= 11 is 0. The molecule has 1 aromatic heterocycles. The molecule has 51 heavy (non-hydrogen) atoms. The Kier molecular flexibility index (Phi) is 9.02. The van der Waals surface area contributed by atoms with Gasteiger partial charge in [-0.2, -0.15) is 21.6 Å². The summed E-state index contributed by atoms with van der Waals surface area (Å²) in [7, 11) is -5.85. The Bertz CT molecular complexity index is 2430. The highest BCUT2D eigenvalue weighted by Gasteiger charge is 2.48. The van der Waals surface area contributed by atoms with Gasteiger partial charge in [0.05, 0.1) is 5.69 Å². The van der Waals surface area contributed by atoms with Crippen LogP contribution in [0.1, 0.15) is 5.56 Å². The van der Waals surface area contributed by atoms with Crippen LogP contribution in [0.5, 0.6) is 5.75 Å². The zero-order chi connectivity index (χ0) is 35.6. The Balaban J connectivity index is 1.31. The largest absolute Gasteiger partial charge is 0.534 e. The van der Waals surface area contributed by atoms with Gasteiger partial charge in [0.25, 0.3) is 0 Å². The summed E-state index contributed by atoms with van der Waals surface area (Å²) in [5.74, 6) is -0.428. The normalized spacial score (nSPS) is 11.7. The minimum atomic E-state index is -5.85. The Morgan fingerprint density at radius 1 is 0.490 bits per heavy atom. The molecule has 0 bridgehead atoms. The molecule has 0 atom stereocenters. The van der Waals surface area contributed by atoms with Gasteiger partial charge in [0.1, 0.15) is 5.75 Å². The smallest absolute Gasteiger partial charge is 0.376 e. The van der Waals surface area contributed by atoms with Gasteiger partial charge in [0.2, 0.25) is 0 Å². The van der Waals surface area contributed by atoms with E-state index in [1.807, 2.05) is 78.9 Å². The molecular formula is C43H30F3NO3S. The molecule has 7 rings (SSSR count). The van der Waals surface area contributed by atoms with E-state index < -0.39 is 21.4 Å². The lowest BCUT2D eigenvalue weighted by atomic mass is 9.89. The van der Waals surface area contributed by atoms with Gasteiger partial charge >= 0.3 is 15.6 Å². The monoisotopic (exact) mass is 697 g/mol. The van der Waals surface area contributed by atoms with E-state index in [1.165, 1.54) is 12.1 Å². The average molecular weight is 698 g/mol. The Morgan fingerprint density at radius 3 is 1.55 bits per heavy atom. The fourth-order valence-corrected chi connectivity index (χ4v) is 6.54. The van der Waals surface area contributed by atoms with Gasteiger partial charge in [-0.05, 0) is 80.8 Å². The summed E-state index contributed by atoms with van der Waals surface area (Å²) in [6, 6.07) is 50.6. The Labute approximate surface area is 294 Å². The minimum Gasteiger partial charge on any atom is -0.376 e. The number of benzene rings is 6. The standard InChI is InChI=1S/C43H30F3NO3S/c1-29-24-36(26-37(25-29)50-51(48,49)43(44,45)46)38-14-8-9-15-39(38)41-28-47-42(35-12-6-3-7-13-35)27-40(41)34-22-20-33(21-23-34)32-18-16-31(17-19-32)30-10-4-2-5-11-30/h2-28H,1H3. The molecule has 0 aliphatic heterocycles. The van der Waals surface area contributed by atoms with Crippen molar-refractivity contribution in [1.82, 2.24) is 4.98 Å². The number of halogens is 3. The van der Waals surface area contributed by atoms with E-state index in [4.69, 9.17) is 4.98 Å². The van der Waals surface area contributed by atoms with Crippen LogP contribution in [0, 0.1) is 6.92 Å². The van der Waals surface area contributed by atoms with Gasteiger partial charge in [-0.15, -0.1) is 0 Å². The molecule has 0 radical (unpaired) electrons. The van der Waals surface area contributed by atoms with E-state index in [1.54, 1.807) is 19.2 Å². The quantitative estimate of drug-likeness (QED) is 0.117. The second kappa shape index (κ2) is 13.7. The molecule has 7 aromatic rings. The van der Waals surface area contributed by atoms with Crippen molar-refractivity contribution in [1.29, 1.82) is 0 Å². The summed E-state index contributed by atoms with van der Waals surface area (Å²) in [6.45, 7) is 1.66. The van der Waals surface area contributed by atoms with Crippen molar-refractivity contribution in [2.75, 3.05) is 0 Å². The van der Waals surface area contributed by atoms with Crippen molar-refractivity contribution in [3.8, 4) is 72.6 Å². The molecule has 0 saturated carbocycles. The van der Waals surface area contributed by atoms with Gasteiger partial charge in [-0.25, -0.2) is 0 Å². The number of nitrogens with zero attached hydrogens (tertiary/aromatic N) is 1. The molecule has 0 spiro atoms.